The molecule has 7 heteroatoms. The van der Waals surface area contributed by atoms with Crippen molar-refractivity contribution in [1.29, 1.82) is 0 Å². The van der Waals surface area contributed by atoms with Crippen LogP contribution in [0.25, 0.3) is 10.9 Å². The van der Waals surface area contributed by atoms with Gasteiger partial charge in [0.2, 0.25) is 5.91 Å². The Morgan fingerprint density at radius 2 is 1.93 bits per heavy atom. The quantitative estimate of drug-likeness (QED) is 0.516. The summed E-state index contributed by atoms with van der Waals surface area (Å²) in [5.74, 6) is 0.782. The molecule has 0 saturated heterocycles. The van der Waals surface area contributed by atoms with E-state index in [0.29, 0.717) is 28.8 Å². The van der Waals surface area contributed by atoms with Crippen LogP contribution in [0.4, 0.5) is 5.69 Å². The molecule has 0 bridgehead atoms. The van der Waals surface area contributed by atoms with Crippen LogP contribution in [0.15, 0.2) is 42.6 Å². The van der Waals surface area contributed by atoms with E-state index in [1.54, 1.807) is 12.1 Å². The molecule has 27 heavy (non-hydrogen) atoms. The number of H-pyrrole nitrogens is 1. The average molecular weight is 388 g/mol. The van der Waals surface area contributed by atoms with E-state index in [1.807, 2.05) is 24.4 Å². The maximum atomic E-state index is 12.2. The number of aromatic nitrogens is 1. The number of fused-ring (bicyclic) bond motifs is 1. The van der Waals surface area contributed by atoms with Crippen molar-refractivity contribution in [3.05, 3.63) is 53.2 Å². The summed E-state index contributed by atoms with van der Waals surface area (Å²) in [6.07, 6.45) is 2.84. The summed E-state index contributed by atoms with van der Waals surface area (Å²) in [6, 6.07) is 11.4. The number of para-hydroxylation sites is 1. The van der Waals surface area contributed by atoms with Crippen LogP contribution in [-0.4, -0.2) is 38.2 Å². The van der Waals surface area contributed by atoms with Crippen molar-refractivity contribution < 1.29 is 14.3 Å². The molecule has 1 amide bonds. The van der Waals surface area contributed by atoms with Gasteiger partial charge in [-0.1, -0.05) is 29.8 Å². The minimum atomic E-state index is -0.170. The van der Waals surface area contributed by atoms with Crippen LogP contribution in [0.1, 0.15) is 5.56 Å². The van der Waals surface area contributed by atoms with Gasteiger partial charge < -0.3 is 25.1 Å². The largest absolute Gasteiger partial charge is 0.495 e. The molecule has 1 heterocycles. The fraction of sp³-hybridized carbons (Fsp3) is 0.250. The Morgan fingerprint density at radius 3 is 2.70 bits per heavy atom. The summed E-state index contributed by atoms with van der Waals surface area (Å²) < 4.78 is 10.4. The molecule has 0 saturated carbocycles. The number of benzene rings is 2. The number of carbonyl (C=O) groups excluding carboxylic acids is 1. The molecule has 2 aromatic carbocycles. The summed E-state index contributed by atoms with van der Waals surface area (Å²) in [4.78, 5) is 15.5. The molecule has 0 radical (unpaired) electrons. The number of rotatable bonds is 8. The van der Waals surface area contributed by atoms with Gasteiger partial charge in [-0.15, -0.1) is 0 Å². The monoisotopic (exact) mass is 387 g/mol. The summed E-state index contributed by atoms with van der Waals surface area (Å²) >= 11 is 6.08. The van der Waals surface area contributed by atoms with Crippen molar-refractivity contribution in [2.24, 2.45) is 0 Å². The molecule has 0 aliphatic rings. The van der Waals surface area contributed by atoms with Gasteiger partial charge in [0.05, 0.1) is 31.5 Å². The Balaban J connectivity index is 1.53. The van der Waals surface area contributed by atoms with E-state index < -0.39 is 0 Å². The van der Waals surface area contributed by atoms with E-state index >= 15 is 0 Å². The van der Waals surface area contributed by atoms with Crippen molar-refractivity contribution in [3.63, 3.8) is 0 Å². The molecule has 3 rings (SSSR count). The van der Waals surface area contributed by atoms with Crippen molar-refractivity contribution >= 4 is 34.1 Å². The highest BCUT2D eigenvalue weighted by Gasteiger charge is 2.12. The van der Waals surface area contributed by atoms with Gasteiger partial charge in [-0.25, -0.2) is 0 Å². The van der Waals surface area contributed by atoms with Crippen LogP contribution < -0.4 is 20.1 Å². The third-order valence-corrected chi connectivity index (χ3v) is 4.57. The summed E-state index contributed by atoms with van der Waals surface area (Å²) in [5.41, 5.74) is 2.86. The summed E-state index contributed by atoms with van der Waals surface area (Å²) in [7, 11) is 3.04. The van der Waals surface area contributed by atoms with Gasteiger partial charge in [-0.05, 0) is 24.6 Å². The highest BCUT2D eigenvalue weighted by Crippen LogP contribution is 2.35. The number of amides is 1. The van der Waals surface area contributed by atoms with Gasteiger partial charge in [0.1, 0.15) is 11.5 Å². The number of halogens is 1. The van der Waals surface area contributed by atoms with Crippen LogP contribution in [0.2, 0.25) is 5.02 Å². The maximum Gasteiger partial charge on any atom is 0.238 e. The zero-order chi connectivity index (χ0) is 19.2. The zero-order valence-electron chi connectivity index (χ0n) is 15.3. The van der Waals surface area contributed by atoms with E-state index in [0.717, 1.165) is 11.9 Å². The Kier molecular flexibility index (Phi) is 6.21. The summed E-state index contributed by atoms with van der Waals surface area (Å²) in [6.45, 7) is 0.882. The zero-order valence-corrected chi connectivity index (χ0v) is 16.0. The fourth-order valence-electron chi connectivity index (χ4n) is 2.92. The number of methoxy groups -OCH3 is 2. The smallest absolute Gasteiger partial charge is 0.238 e. The second-order valence-corrected chi connectivity index (χ2v) is 6.43. The third-order valence-electron chi connectivity index (χ3n) is 4.28. The van der Waals surface area contributed by atoms with E-state index in [2.05, 4.69) is 21.7 Å². The van der Waals surface area contributed by atoms with Crippen LogP contribution >= 0.6 is 11.6 Å². The lowest BCUT2D eigenvalue weighted by molar-refractivity contribution is -0.115. The number of carbonyl (C=O) groups is 1. The molecule has 0 aliphatic carbocycles. The first-order valence-corrected chi connectivity index (χ1v) is 8.97. The molecule has 3 N–H and O–H groups in total. The van der Waals surface area contributed by atoms with Gasteiger partial charge >= 0.3 is 0 Å². The first-order valence-electron chi connectivity index (χ1n) is 8.59. The molecular weight excluding hydrogens is 366 g/mol. The first-order chi connectivity index (χ1) is 13.1. The second-order valence-electron chi connectivity index (χ2n) is 6.02. The van der Waals surface area contributed by atoms with Crippen molar-refractivity contribution in [3.8, 4) is 11.5 Å². The number of hydrogen-bond acceptors (Lipinski definition) is 4. The highest BCUT2D eigenvalue weighted by atomic mass is 35.5. The third kappa shape index (κ3) is 4.53. The Hall–Kier alpha value is -2.70. The molecule has 6 nitrogen and oxygen atoms in total. The van der Waals surface area contributed by atoms with E-state index in [1.165, 1.54) is 25.2 Å². The van der Waals surface area contributed by atoms with Crippen molar-refractivity contribution in [1.82, 2.24) is 10.3 Å². The lowest BCUT2D eigenvalue weighted by Crippen LogP contribution is -2.29. The standard InChI is InChI=1S/C20H22ClN3O3/c1-26-18-10-17(19(27-2)9-15(18)21)24-20(25)12-22-8-7-13-11-23-16-6-4-3-5-14(13)16/h3-6,9-11,22-23H,7-8,12H2,1-2H3,(H,24,25). The highest BCUT2D eigenvalue weighted by molar-refractivity contribution is 6.32. The Labute approximate surface area is 162 Å². The molecule has 1 aromatic heterocycles. The van der Waals surface area contributed by atoms with Crippen LogP contribution in [0.3, 0.4) is 0 Å². The Bertz CT molecular complexity index is 939. The SMILES string of the molecule is COc1cc(NC(=O)CNCCc2c[nH]c3ccccc23)c(OC)cc1Cl. The van der Waals surface area contributed by atoms with Crippen molar-refractivity contribution in [2.75, 3.05) is 32.6 Å². The Morgan fingerprint density at radius 1 is 1.15 bits per heavy atom. The van der Waals surface area contributed by atoms with Gasteiger partial charge in [-0.3, -0.25) is 4.79 Å². The van der Waals surface area contributed by atoms with Gasteiger partial charge in [0, 0.05) is 29.2 Å². The predicted molar refractivity (Wildman–Crippen MR) is 108 cm³/mol. The molecule has 0 aliphatic heterocycles. The number of aromatic amines is 1. The number of anilines is 1. The fourth-order valence-corrected chi connectivity index (χ4v) is 3.15. The summed E-state index contributed by atoms with van der Waals surface area (Å²) in [5, 5.41) is 7.61. The minimum absolute atomic E-state index is 0.170. The van der Waals surface area contributed by atoms with Crippen LogP contribution in [-0.2, 0) is 11.2 Å². The van der Waals surface area contributed by atoms with Crippen LogP contribution in [0, 0.1) is 0 Å². The normalized spacial score (nSPS) is 10.8. The van der Waals surface area contributed by atoms with Crippen molar-refractivity contribution in [2.45, 2.75) is 6.42 Å². The molecule has 142 valence electrons. The topological polar surface area (TPSA) is 75.4 Å². The lowest BCUT2D eigenvalue weighted by Gasteiger charge is -2.13. The van der Waals surface area contributed by atoms with E-state index in [-0.39, 0.29) is 12.5 Å². The molecule has 0 unspecified atom stereocenters. The van der Waals surface area contributed by atoms with Gasteiger partial charge in [0.15, 0.2) is 0 Å². The average Bonchev–Trinajstić information content (AvgIpc) is 3.09. The number of nitrogens with one attached hydrogen (secondary N) is 3. The van der Waals surface area contributed by atoms with Gasteiger partial charge in [0.25, 0.3) is 0 Å². The maximum absolute atomic E-state index is 12.2. The predicted octanol–water partition coefficient (Wildman–Crippen LogP) is 3.61. The van der Waals surface area contributed by atoms with E-state index in [9.17, 15) is 4.79 Å². The molecule has 3 aromatic rings. The molecular formula is C20H22ClN3O3. The molecule has 0 fully saturated rings. The van der Waals surface area contributed by atoms with Gasteiger partial charge in [-0.2, -0.15) is 0 Å². The number of hydrogen-bond donors (Lipinski definition) is 3. The van der Waals surface area contributed by atoms with Crippen LogP contribution in [0.5, 0.6) is 11.5 Å². The first kappa shape index (κ1) is 19.1. The molecule has 0 spiro atoms. The second kappa shape index (κ2) is 8.79. The van der Waals surface area contributed by atoms with E-state index in [4.69, 9.17) is 21.1 Å². The minimum Gasteiger partial charge on any atom is -0.495 e. The lowest BCUT2D eigenvalue weighted by atomic mass is 10.1. The molecule has 0 atom stereocenters. The number of ether oxygens (including phenoxy) is 2.